The summed E-state index contributed by atoms with van der Waals surface area (Å²) in [5.74, 6) is 3.48. The van der Waals surface area contributed by atoms with Gasteiger partial charge >= 0.3 is 0 Å². The van der Waals surface area contributed by atoms with Crippen molar-refractivity contribution in [1.82, 2.24) is 4.90 Å². The van der Waals surface area contributed by atoms with Gasteiger partial charge in [0, 0.05) is 30.1 Å². The molecule has 0 saturated carbocycles. The Morgan fingerprint density at radius 2 is 1.85 bits per heavy atom. The zero-order chi connectivity index (χ0) is 18.6. The third kappa shape index (κ3) is 3.84. The largest absolute Gasteiger partial charge is 0.496 e. The molecule has 2 atom stereocenters. The van der Waals surface area contributed by atoms with Gasteiger partial charge in [0.1, 0.15) is 11.5 Å². The van der Waals surface area contributed by atoms with E-state index < -0.39 is 0 Å². The van der Waals surface area contributed by atoms with Crippen molar-refractivity contribution in [3.05, 3.63) is 59.2 Å². The maximum Gasteiger partial charge on any atom is 0.123 e. The van der Waals surface area contributed by atoms with E-state index in [-0.39, 0.29) is 0 Å². The summed E-state index contributed by atoms with van der Waals surface area (Å²) in [5.41, 5.74) is 4.20. The van der Waals surface area contributed by atoms with E-state index in [1.165, 1.54) is 29.7 Å². The van der Waals surface area contributed by atoms with Crippen molar-refractivity contribution in [3.63, 3.8) is 0 Å². The number of benzene rings is 2. The third-order valence-corrected chi connectivity index (χ3v) is 6.30. The molecule has 2 aromatic carbocycles. The second kappa shape index (κ2) is 8.35. The molecule has 2 aromatic rings. The Labute approximate surface area is 163 Å². The number of ether oxygens (including phenoxy) is 2. The standard InChI is InChI=1S/C24H31NO2/c1-3-25-16-19-11-12-20-22(26-2)13-14-23(24(20)21(19)17-25)27-15-7-10-18-8-5-4-6-9-18/h4-6,8-9,13-14,19,21H,3,7,10-12,15-17H2,1-2H3/t19-,21+/m0/s1. The van der Waals surface area contributed by atoms with Crippen LogP contribution in [0, 0.1) is 5.92 Å². The maximum absolute atomic E-state index is 6.33. The van der Waals surface area contributed by atoms with Crippen LogP contribution in [-0.4, -0.2) is 38.3 Å². The number of likely N-dealkylation sites (N-methyl/N-ethyl adjacent to an activating group) is 1. The molecule has 1 saturated heterocycles. The number of hydrogen-bond acceptors (Lipinski definition) is 3. The Bertz CT molecular complexity index is 758. The summed E-state index contributed by atoms with van der Waals surface area (Å²) in [6.45, 7) is 6.56. The molecule has 27 heavy (non-hydrogen) atoms. The van der Waals surface area contributed by atoms with Gasteiger partial charge in [-0.25, -0.2) is 0 Å². The molecule has 0 unspecified atom stereocenters. The molecule has 1 fully saturated rings. The van der Waals surface area contributed by atoms with Crippen molar-refractivity contribution in [2.75, 3.05) is 33.4 Å². The van der Waals surface area contributed by atoms with Gasteiger partial charge in [0.15, 0.2) is 0 Å². The fourth-order valence-electron chi connectivity index (χ4n) is 4.88. The Kier molecular flexibility index (Phi) is 5.68. The van der Waals surface area contributed by atoms with Crippen LogP contribution in [0.4, 0.5) is 0 Å². The first-order valence-electron chi connectivity index (χ1n) is 10.4. The van der Waals surface area contributed by atoms with Crippen molar-refractivity contribution >= 4 is 0 Å². The molecule has 0 bridgehead atoms. The average molecular weight is 366 g/mol. The van der Waals surface area contributed by atoms with Gasteiger partial charge in [-0.05, 0) is 55.8 Å². The Morgan fingerprint density at radius 3 is 2.63 bits per heavy atom. The minimum Gasteiger partial charge on any atom is -0.496 e. The molecule has 0 N–H and O–H groups in total. The van der Waals surface area contributed by atoms with Crippen LogP contribution < -0.4 is 9.47 Å². The van der Waals surface area contributed by atoms with Crippen LogP contribution in [0.15, 0.2) is 42.5 Å². The van der Waals surface area contributed by atoms with Gasteiger partial charge in [-0.15, -0.1) is 0 Å². The summed E-state index contributed by atoms with van der Waals surface area (Å²) in [4.78, 5) is 2.59. The van der Waals surface area contributed by atoms with Gasteiger partial charge in [0.25, 0.3) is 0 Å². The molecule has 2 aliphatic rings. The van der Waals surface area contributed by atoms with E-state index in [4.69, 9.17) is 9.47 Å². The molecule has 3 heteroatoms. The van der Waals surface area contributed by atoms with Gasteiger partial charge in [0.05, 0.1) is 13.7 Å². The minimum atomic E-state index is 0.591. The van der Waals surface area contributed by atoms with Crippen molar-refractivity contribution < 1.29 is 9.47 Å². The predicted molar refractivity (Wildman–Crippen MR) is 110 cm³/mol. The smallest absolute Gasteiger partial charge is 0.123 e. The molecule has 1 heterocycles. The fraction of sp³-hybridized carbons (Fsp3) is 0.500. The maximum atomic E-state index is 6.33. The van der Waals surface area contributed by atoms with E-state index in [1.807, 2.05) is 0 Å². The van der Waals surface area contributed by atoms with E-state index in [0.29, 0.717) is 5.92 Å². The van der Waals surface area contributed by atoms with E-state index >= 15 is 0 Å². The molecular formula is C24H31NO2. The quantitative estimate of drug-likeness (QED) is 0.665. The topological polar surface area (TPSA) is 21.7 Å². The lowest BCUT2D eigenvalue weighted by Gasteiger charge is -2.30. The summed E-state index contributed by atoms with van der Waals surface area (Å²) in [6, 6.07) is 14.9. The first-order valence-corrected chi connectivity index (χ1v) is 10.4. The first-order chi connectivity index (χ1) is 13.3. The van der Waals surface area contributed by atoms with Gasteiger partial charge in [-0.1, -0.05) is 37.3 Å². The van der Waals surface area contributed by atoms with Crippen LogP contribution in [-0.2, 0) is 12.8 Å². The number of rotatable bonds is 7. The lowest BCUT2D eigenvalue weighted by atomic mass is 9.76. The molecular weight excluding hydrogens is 334 g/mol. The summed E-state index contributed by atoms with van der Waals surface area (Å²) < 4.78 is 12.0. The Morgan fingerprint density at radius 1 is 1.04 bits per heavy atom. The van der Waals surface area contributed by atoms with Crippen LogP contribution >= 0.6 is 0 Å². The molecule has 3 nitrogen and oxygen atoms in total. The zero-order valence-electron chi connectivity index (χ0n) is 16.6. The van der Waals surface area contributed by atoms with Gasteiger partial charge in [0.2, 0.25) is 0 Å². The second-order valence-corrected chi connectivity index (χ2v) is 7.85. The van der Waals surface area contributed by atoms with E-state index in [2.05, 4.69) is 54.3 Å². The molecule has 4 rings (SSSR count). The van der Waals surface area contributed by atoms with E-state index in [9.17, 15) is 0 Å². The van der Waals surface area contributed by atoms with Crippen LogP contribution in [0.1, 0.15) is 42.4 Å². The first kappa shape index (κ1) is 18.4. The number of methoxy groups -OCH3 is 1. The molecule has 144 valence electrons. The van der Waals surface area contributed by atoms with Gasteiger partial charge < -0.3 is 14.4 Å². The van der Waals surface area contributed by atoms with Crippen molar-refractivity contribution in [3.8, 4) is 11.5 Å². The third-order valence-electron chi connectivity index (χ3n) is 6.30. The molecule has 0 amide bonds. The Balaban J connectivity index is 1.50. The summed E-state index contributed by atoms with van der Waals surface area (Å²) in [6.07, 6.45) is 4.48. The lowest BCUT2D eigenvalue weighted by Crippen LogP contribution is -2.21. The van der Waals surface area contributed by atoms with E-state index in [1.54, 1.807) is 7.11 Å². The number of likely N-dealkylation sites (tertiary alicyclic amines) is 1. The van der Waals surface area contributed by atoms with Gasteiger partial charge in [-0.2, -0.15) is 0 Å². The van der Waals surface area contributed by atoms with Crippen LogP contribution in [0.2, 0.25) is 0 Å². The lowest BCUT2D eigenvalue weighted by molar-refractivity contribution is 0.298. The number of nitrogens with zero attached hydrogens (tertiary/aromatic N) is 1. The van der Waals surface area contributed by atoms with E-state index in [0.717, 1.165) is 56.4 Å². The fourth-order valence-corrected chi connectivity index (χ4v) is 4.88. The SMILES string of the molecule is CCN1C[C@@H]2CCc3c(OC)ccc(OCCCc4ccccc4)c3[C@@H]2C1. The van der Waals surface area contributed by atoms with Crippen LogP contribution in [0.25, 0.3) is 0 Å². The number of fused-ring (bicyclic) bond motifs is 3. The highest BCUT2D eigenvalue weighted by Gasteiger charge is 2.39. The van der Waals surface area contributed by atoms with Crippen molar-refractivity contribution in [2.24, 2.45) is 5.92 Å². The highest BCUT2D eigenvalue weighted by molar-refractivity contribution is 5.53. The number of aryl methyl sites for hydroxylation is 1. The molecule has 0 aromatic heterocycles. The van der Waals surface area contributed by atoms with Crippen molar-refractivity contribution in [1.29, 1.82) is 0 Å². The monoisotopic (exact) mass is 365 g/mol. The van der Waals surface area contributed by atoms with Crippen LogP contribution in [0.5, 0.6) is 11.5 Å². The summed E-state index contributed by atoms with van der Waals surface area (Å²) >= 11 is 0. The minimum absolute atomic E-state index is 0.591. The molecule has 0 radical (unpaired) electrons. The highest BCUT2D eigenvalue weighted by Crippen LogP contribution is 2.48. The second-order valence-electron chi connectivity index (χ2n) is 7.85. The Hall–Kier alpha value is -2.00. The normalized spacial score (nSPS) is 21.6. The molecule has 1 aliphatic carbocycles. The molecule has 0 spiro atoms. The average Bonchev–Trinajstić information content (AvgIpc) is 3.15. The zero-order valence-corrected chi connectivity index (χ0v) is 16.6. The highest BCUT2D eigenvalue weighted by atomic mass is 16.5. The predicted octanol–water partition coefficient (Wildman–Crippen LogP) is 4.69. The van der Waals surface area contributed by atoms with Gasteiger partial charge in [-0.3, -0.25) is 0 Å². The van der Waals surface area contributed by atoms with Crippen molar-refractivity contribution in [2.45, 2.75) is 38.5 Å². The summed E-state index contributed by atoms with van der Waals surface area (Å²) in [7, 11) is 1.79. The van der Waals surface area contributed by atoms with Crippen LogP contribution in [0.3, 0.4) is 0 Å². The molecule has 1 aliphatic heterocycles. The summed E-state index contributed by atoms with van der Waals surface area (Å²) in [5, 5.41) is 0. The number of hydrogen-bond donors (Lipinski definition) is 0.